The first kappa shape index (κ1) is 14.5. The van der Waals surface area contributed by atoms with Crippen molar-refractivity contribution in [2.24, 2.45) is 5.92 Å². The Morgan fingerprint density at radius 2 is 2.14 bits per heavy atom. The van der Waals surface area contributed by atoms with E-state index in [0.717, 1.165) is 43.6 Å². The maximum Gasteiger partial charge on any atom is 0.0708 e. The van der Waals surface area contributed by atoms with Gasteiger partial charge < -0.3 is 10.4 Å². The molecule has 0 aliphatic heterocycles. The van der Waals surface area contributed by atoms with Crippen molar-refractivity contribution in [1.82, 2.24) is 10.3 Å². The predicted molar refractivity (Wildman–Crippen MR) is 86.2 cm³/mol. The molecule has 112 valence electrons. The number of pyridine rings is 1. The molecule has 0 radical (unpaired) electrons. The average molecular weight is 284 g/mol. The lowest BCUT2D eigenvalue weighted by atomic mass is 9.87. The molecular weight excluding hydrogens is 260 g/mol. The number of rotatable bonds is 4. The van der Waals surface area contributed by atoms with Gasteiger partial charge in [-0.25, -0.2) is 0 Å². The summed E-state index contributed by atoms with van der Waals surface area (Å²) in [5.74, 6) is 0.614. The second-order valence-corrected chi connectivity index (χ2v) is 6.26. The number of hydrogen-bond donors (Lipinski definition) is 2. The smallest absolute Gasteiger partial charge is 0.0708 e. The second kappa shape index (κ2) is 6.54. The van der Waals surface area contributed by atoms with Gasteiger partial charge in [0.1, 0.15) is 0 Å². The third-order valence-electron chi connectivity index (χ3n) is 4.43. The largest absolute Gasteiger partial charge is 0.393 e. The van der Waals surface area contributed by atoms with Crippen LogP contribution in [0.15, 0.2) is 30.3 Å². The second-order valence-electron chi connectivity index (χ2n) is 6.26. The van der Waals surface area contributed by atoms with Crippen LogP contribution in [0.25, 0.3) is 10.9 Å². The fraction of sp³-hybridized carbons (Fsp3) is 0.500. The number of fused-ring (bicyclic) bond motifs is 1. The lowest BCUT2D eigenvalue weighted by Gasteiger charge is -2.26. The summed E-state index contributed by atoms with van der Waals surface area (Å²) in [6.45, 7) is 3.91. The van der Waals surface area contributed by atoms with Crippen LogP contribution in [0.3, 0.4) is 0 Å². The number of nitrogens with zero attached hydrogens (tertiary/aromatic N) is 1. The number of para-hydroxylation sites is 1. The Balaban J connectivity index is 1.65. The zero-order chi connectivity index (χ0) is 14.7. The fourth-order valence-corrected chi connectivity index (χ4v) is 3.40. The van der Waals surface area contributed by atoms with E-state index in [1.54, 1.807) is 0 Å². The number of benzene rings is 1. The monoisotopic (exact) mass is 284 g/mol. The van der Waals surface area contributed by atoms with Crippen molar-refractivity contribution >= 4 is 10.9 Å². The van der Waals surface area contributed by atoms with Gasteiger partial charge in [-0.1, -0.05) is 24.6 Å². The van der Waals surface area contributed by atoms with Crippen molar-refractivity contribution in [1.29, 1.82) is 0 Å². The molecule has 2 atom stereocenters. The summed E-state index contributed by atoms with van der Waals surface area (Å²) in [5, 5.41) is 14.5. The van der Waals surface area contributed by atoms with Crippen LogP contribution in [0.4, 0.5) is 0 Å². The Labute approximate surface area is 126 Å². The van der Waals surface area contributed by atoms with Crippen molar-refractivity contribution in [3.8, 4) is 0 Å². The van der Waals surface area contributed by atoms with Crippen LogP contribution < -0.4 is 5.32 Å². The first-order valence-corrected chi connectivity index (χ1v) is 7.96. The standard InChI is InChI=1S/C18H24N2O/c1-13-9-15(17-7-2-3-8-18(17)20-13)12-19-11-14-5-4-6-16(21)10-14/h2-3,7-9,14,16,19,21H,4-6,10-12H2,1H3. The molecular formula is C18H24N2O. The highest BCUT2D eigenvalue weighted by molar-refractivity contribution is 5.82. The first-order chi connectivity index (χ1) is 10.2. The Hall–Kier alpha value is -1.45. The van der Waals surface area contributed by atoms with Gasteiger partial charge in [-0.2, -0.15) is 0 Å². The minimum absolute atomic E-state index is 0.0884. The highest BCUT2D eigenvalue weighted by atomic mass is 16.3. The van der Waals surface area contributed by atoms with Crippen molar-refractivity contribution in [3.63, 3.8) is 0 Å². The van der Waals surface area contributed by atoms with Crippen LogP contribution in [0, 0.1) is 12.8 Å². The minimum atomic E-state index is -0.0884. The van der Waals surface area contributed by atoms with Gasteiger partial charge in [0.05, 0.1) is 11.6 Å². The summed E-state index contributed by atoms with van der Waals surface area (Å²) in [4.78, 5) is 4.58. The number of aliphatic hydroxyl groups excluding tert-OH is 1. The fourth-order valence-electron chi connectivity index (χ4n) is 3.40. The van der Waals surface area contributed by atoms with Crippen LogP contribution in [0.2, 0.25) is 0 Å². The normalized spacial score (nSPS) is 22.6. The summed E-state index contributed by atoms with van der Waals surface area (Å²) in [7, 11) is 0. The molecule has 1 saturated carbocycles. The topological polar surface area (TPSA) is 45.1 Å². The number of aromatic nitrogens is 1. The van der Waals surface area contributed by atoms with Crippen molar-refractivity contribution < 1.29 is 5.11 Å². The van der Waals surface area contributed by atoms with Gasteiger partial charge in [0.2, 0.25) is 0 Å². The van der Waals surface area contributed by atoms with Gasteiger partial charge in [0.15, 0.2) is 0 Å². The van der Waals surface area contributed by atoms with Crippen LogP contribution in [-0.2, 0) is 6.54 Å². The highest BCUT2D eigenvalue weighted by Gasteiger charge is 2.19. The molecule has 1 aliphatic rings. The van der Waals surface area contributed by atoms with E-state index in [2.05, 4.69) is 34.6 Å². The zero-order valence-electron chi connectivity index (χ0n) is 12.7. The molecule has 1 fully saturated rings. The molecule has 1 heterocycles. The maximum atomic E-state index is 9.74. The molecule has 1 aliphatic carbocycles. The molecule has 3 heteroatoms. The third kappa shape index (κ3) is 3.60. The van der Waals surface area contributed by atoms with Gasteiger partial charge in [-0.05, 0) is 56.3 Å². The molecule has 1 aromatic carbocycles. The molecule has 0 bridgehead atoms. The van der Waals surface area contributed by atoms with E-state index in [-0.39, 0.29) is 6.10 Å². The molecule has 0 amide bonds. The van der Waals surface area contributed by atoms with Gasteiger partial charge in [0, 0.05) is 17.6 Å². The molecule has 1 aromatic heterocycles. The summed E-state index contributed by atoms with van der Waals surface area (Å²) in [6, 6.07) is 10.5. The summed E-state index contributed by atoms with van der Waals surface area (Å²) < 4.78 is 0. The first-order valence-electron chi connectivity index (χ1n) is 7.96. The average Bonchev–Trinajstić information content (AvgIpc) is 2.47. The van der Waals surface area contributed by atoms with Gasteiger partial charge in [0.25, 0.3) is 0 Å². The SMILES string of the molecule is Cc1cc(CNCC2CCCC(O)C2)c2ccccc2n1. The Morgan fingerprint density at radius 3 is 3.00 bits per heavy atom. The molecule has 0 spiro atoms. The molecule has 3 nitrogen and oxygen atoms in total. The van der Waals surface area contributed by atoms with Gasteiger partial charge >= 0.3 is 0 Å². The van der Waals surface area contributed by atoms with E-state index in [1.165, 1.54) is 17.4 Å². The summed E-state index contributed by atoms with van der Waals surface area (Å²) in [5.41, 5.74) is 3.45. The minimum Gasteiger partial charge on any atom is -0.393 e. The molecule has 21 heavy (non-hydrogen) atoms. The molecule has 2 N–H and O–H groups in total. The lowest BCUT2D eigenvalue weighted by molar-refractivity contribution is 0.101. The zero-order valence-corrected chi connectivity index (χ0v) is 12.7. The van der Waals surface area contributed by atoms with Gasteiger partial charge in [-0.3, -0.25) is 4.98 Å². The van der Waals surface area contributed by atoms with E-state index in [4.69, 9.17) is 0 Å². The Bertz CT molecular complexity index is 611. The number of aryl methyl sites for hydroxylation is 1. The van der Waals surface area contributed by atoms with Gasteiger partial charge in [-0.15, -0.1) is 0 Å². The molecule has 2 aromatic rings. The number of aliphatic hydroxyl groups is 1. The van der Waals surface area contributed by atoms with E-state index in [9.17, 15) is 5.11 Å². The summed E-state index contributed by atoms with van der Waals surface area (Å²) in [6.07, 6.45) is 4.23. The summed E-state index contributed by atoms with van der Waals surface area (Å²) >= 11 is 0. The molecule has 3 rings (SSSR count). The van der Waals surface area contributed by atoms with Crippen molar-refractivity contribution in [2.45, 2.75) is 45.3 Å². The Kier molecular flexibility index (Phi) is 4.51. The van der Waals surface area contributed by atoms with Crippen LogP contribution in [0.5, 0.6) is 0 Å². The predicted octanol–water partition coefficient (Wildman–Crippen LogP) is 3.18. The molecule has 2 unspecified atom stereocenters. The van der Waals surface area contributed by atoms with Crippen LogP contribution in [-0.4, -0.2) is 22.7 Å². The van der Waals surface area contributed by atoms with E-state index in [0.29, 0.717) is 5.92 Å². The van der Waals surface area contributed by atoms with E-state index in [1.807, 2.05) is 13.0 Å². The third-order valence-corrected chi connectivity index (χ3v) is 4.43. The molecule has 0 saturated heterocycles. The number of hydrogen-bond acceptors (Lipinski definition) is 3. The highest BCUT2D eigenvalue weighted by Crippen LogP contribution is 2.24. The Morgan fingerprint density at radius 1 is 1.29 bits per heavy atom. The van der Waals surface area contributed by atoms with Crippen LogP contribution >= 0.6 is 0 Å². The quantitative estimate of drug-likeness (QED) is 0.906. The van der Waals surface area contributed by atoms with Crippen molar-refractivity contribution in [2.75, 3.05) is 6.54 Å². The van der Waals surface area contributed by atoms with E-state index < -0.39 is 0 Å². The van der Waals surface area contributed by atoms with E-state index >= 15 is 0 Å². The van der Waals surface area contributed by atoms with Crippen LogP contribution in [0.1, 0.15) is 36.9 Å². The van der Waals surface area contributed by atoms with Crippen molar-refractivity contribution in [3.05, 3.63) is 41.6 Å². The lowest BCUT2D eigenvalue weighted by Crippen LogP contribution is -2.29. The maximum absolute atomic E-state index is 9.74. The number of nitrogens with one attached hydrogen (secondary N) is 1.